The van der Waals surface area contributed by atoms with Crippen molar-refractivity contribution < 1.29 is 4.79 Å². The minimum absolute atomic E-state index is 0. The van der Waals surface area contributed by atoms with Crippen molar-refractivity contribution >= 4 is 42.1 Å². The van der Waals surface area contributed by atoms with Crippen molar-refractivity contribution in [2.75, 3.05) is 6.54 Å². The Morgan fingerprint density at radius 1 is 1.46 bits per heavy atom. The maximum atomic E-state index is 12.5. The van der Waals surface area contributed by atoms with Crippen LogP contribution in [0.5, 0.6) is 0 Å². The van der Waals surface area contributed by atoms with E-state index >= 15 is 0 Å². The Morgan fingerprint density at radius 2 is 2.21 bits per heavy atom. The molecule has 134 valence electrons. The van der Waals surface area contributed by atoms with Crippen LogP contribution < -0.4 is 10.6 Å². The largest absolute Gasteiger partial charge is 0.347 e. The van der Waals surface area contributed by atoms with E-state index in [1.807, 2.05) is 20.2 Å². The summed E-state index contributed by atoms with van der Waals surface area (Å²) in [7, 11) is 1.87. The summed E-state index contributed by atoms with van der Waals surface area (Å²) in [5, 5.41) is 11.5. The van der Waals surface area contributed by atoms with Gasteiger partial charge in [0, 0.05) is 30.9 Å². The molecular formula is C15H23Cl2N5OS. The van der Waals surface area contributed by atoms with Crippen LogP contribution in [0.4, 0.5) is 0 Å². The van der Waals surface area contributed by atoms with Crippen molar-refractivity contribution in [3.8, 4) is 10.6 Å². The minimum atomic E-state index is -0.0225. The molecule has 2 aromatic rings. The molecule has 1 saturated heterocycles. The molecule has 0 aromatic carbocycles. The Kier molecular flexibility index (Phi) is 7.66. The average molecular weight is 392 g/mol. The molecule has 1 aliphatic heterocycles. The van der Waals surface area contributed by atoms with Crippen LogP contribution in [0.15, 0.2) is 12.4 Å². The molecule has 0 aliphatic carbocycles. The zero-order chi connectivity index (χ0) is 15.7. The van der Waals surface area contributed by atoms with E-state index in [1.54, 1.807) is 10.9 Å². The molecule has 6 nitrogen and oxygen atoms in total. The molecule has 1 amide bonds. The van der Waals surface area contributed by atoms with E-state index in [9.17, 15) is 4.79 Å². The molecule has 2 atom stereocenters. The van der Waals surface area contributed by atoms with E-state index in [1.165, 1.54) is 11.3 Å². The van der Waals surface area contributed by atoms with Gasteiger partial charge in [0.15, 0.2) is 0 Å². The fourth-order valence-corrected chi connectivity index (χ4v) is 3.68. The van der Waals surface area contributed by atoms with Gasteiger partial charge in [-0.25, -0.2) is 4.98 Å². The van der Waals surface area contributed by atoms with Gasteiger partial charge in [0.1, 0.15) is 9.88 Å². The zero-order valence-electron chi connectivity index (χ0n) is 13.9. The predicted octanol–water partition coefficient (Wildman–Crippen LogP) is 2.57. The van der Waals surface area contributed by atoms with Crippen LogP contribution in [-0.2, 0) is 7.05 Å². The highest BCUT2D eigenvalue weighted by atomic mass is 35.5. The molecule has 3 heterocycles. The SMILES string of the molecule is Cc1nc(-c2cnn(C)c2)sc1C(=O)NC1CCCNC1C.Cl.Cl. The number of hydrogen-bond donors (Lipinski definition) is 2. The number of nitrogens with one attached hydrogen (secondary N) is 2. The van der Waals surface area contributed by atoms with Crippen LogP contribution in [0.25, 0.3) is 10.6 Å². The number of thiazole rings is 1. The summed E-state index contributed by atoms with van der Waals surface area (Å²) in [6.45, 7) is 5.02. The molecule has 1 fully saturated rings. The maximum absolute atomic E-state index is 12.5. The predicted molar refractivity (Wildman–Crippen MR) is 102 cm³/mol. The third-order valence-electron chi connectivity index (χ3n) is 4.03. The number of nitrogens with zero attached hydrogens (tertiary/aromatic N) is 3. The summed E-state index contributed by atoms with van der Waals surface area (Å²) in [6.07, 6.45) is 5.80. The lowest BCUT2D eigenvalue weighted by Crippen LogP contribution is -2.51. The molecule has 24 heavy (non-hydrogen) atoms. The average Bonchev–Trinajstić information content (AvgIpc) is 3.07. The van der Waals surface area contributed by atoms with Gasteiger partial charge in [-0.15, -0.1) is 36.2 Å². The summed E-state index contributed by atoms with van der Waals surface area (Å²) in [5.41, 5.74) is 1.72. The van der Waals surface area contributed by atoms with E-state index in [0.717, 1.165) is 35.7 Å². The van der Waals surface area contributed by atoms with Gasteiger partial charge < -0.3 is 10.6 Å². The molecule has 0 spiro atoms. The minimum Gasteiger partial charge on any atom is -0.347 e. The van der Waals surface area contributed by atoms with E-state index in [-0.39, 0.29) is 36.8 Å². The summed E-state index contributed by atoms with van der Waals surface area (Å²) in [6, 6.07) is 0.494. The Balaban J connectivity index is 0.00000144. The summed E-state index contributed by atoms with van der Waals surface area (Å²) >= 11 is 1.43. The lowest BCUT2D eigenvalue weighted by Gasteiger charge is -2.30. The Morgan fingerprint density at radius 3 is 2.83 bits per heavy atom. The second-order valence-corrected chi connectivity index (χ2v) is 6.80. The Hall–Kier alpha value is -1.15. The lowest BCUT2D eigenvalue weighted by molar-refractivity contribution is 0.0923. The van der Waals surface area contributed by atoms with Crippen molar-refractivity contribution in [3.05, 3.63) is 23.0 Å². The number of aryl methyl sites for hydroxylation is 2. The first-order chi connectivity index (χ1) is 10.5. The van der Waals surface area contributed by atoms with Gasteiger partial charge >= 0.3 is 0 Å². The van der Waals surface area contributed by atoms with Gasteiger partial charge in [0.2, 0.25) is 0 Å². The smallest absolute Gasteiger partial charge is 0.263 e. The van der Waals surface area contributed by atoms with E-state index in [0.29, 0.717) is 10.9 Å². The van der Waals surface area contributed by atoms with Crippen molar-refractivity contribution in [2.24, 2.45) is 7.05 Å². The number of carbonyl (C=O) groups excluding carboxylic acids is 1. The molecule has 2 N–H and O–H groups in total. The van der Waals surface area contributed by atoms with Crippen LogP contribution in [0.2, 0.25) is 0 Å². The van der Waals surface area contributed by atoms with Gasteiger partial charge in [-0.1, -0.05) is 0 Å². The fraction of sp³-hybridized carbons (Fsp3) is 0.533. The van der Waals surface area contributed by atoms with Crippen molar-refractivity contribution in [3.63, 3.8) is 0 Å². The highest BCUT2D eigenvalue weighted by Gasteiger charge is 2.25. The van der Waals surface area contributed by atoms with Gasteiger partial charge in [-0.2, -0.15) is 5.10 Å². The van der Waals surface area contributed by atoms with E-state index in [2.05, 4.69) is 27.6 Å². The van der Waals surface area contributed by atoms with Gasteiger partial charge in [0.25, 0.3) is 5.91 Å². The summed E-state index contributed by atoms with van der Waals surface area (Å²) in [4.78, 5) is 17.7. The Bertz CT molecular complexity index is 687. The third kappa shape index (κ3) is 4.47. The molecular weight excluding hydrogens is 369 g/mol. The topological polar surface area (TPSA) is 71.8 Å². The molecule has 0 saturated carbocycles. The van der Waals surface area contributed by atoms with Crippen LogP contribution in [0.3, 0.4) is 0 Å². The van der Waals surface area contributed by atoms with Crippen LogP contribution in [-0.4, -0.2) is 39.3 Å². The van der Waals surface area contributed by atoms with Crippen molar-refractivity contribution in [2.45, 2.75) is 38.8 Å². The normalized spacial score (nSPS) is 20.0. The number of carbonyl (C=O) groups is 1. The molecule has 9 heteroatoms. The number of rotatable bonds is 3. The summed E-state index contributed by atoms with van der Waals surface area (Å²) < 4.78 is 1.74. The highest BCUT2D eigenvalue weighted by molar-refractivity contribution is 7.17. The molecule has 1 aliphatic rings. The number of halogens is 2. The molecule has 2 aromatic heterocycles. The van der Waals surface area contributed by atoms with Crippen molar-refractivity contribution in [1.29, 1.82) is 0 Å². The number of amides is 1. The van der Waals surface area contributed by atoms with Gasteiger partial charge in [-0.3, -0.25) is 9.48 Å². The van der Waals surface area contributed by atoms with Crippen molar-refractivity contribution in [1.82, 2.24) is 25.4 Å². The van der Waals surface area contributed by atoms with Gasteiger partial charge in [0.05, 0.1) is 11.9 Å². The number of piperidine rings is 1. The molecule has 3 rings (SSSR count). The number of hydrogen-bond acceptors (Lipinski definition) is 5. The Labute approximate surface area is 158 Å². The zero-order valence-corrected chi connectivity index (χ0v) is 16.4. The summed E-state index contributed by atoms with van der Waals surface area (Å²) in [5.74, 6) is -0.0225. The number of aromatic nitrogens is 3. The maximum Gasteiger partial charge on any atom is 0.263 e. The molecule has 2 unspecified atom stereocenters. The van der Waals surface area contributed by atoms with Crippen LogP contribution in [0.1, 0.15) is 35.1 Å². The fourth-order valence-electron chi connectivity index (χ4n) is 2.74. The quantitative estimate of drug-likeness (QED) is 0.842. The van der Waals surface area contributed by atoms with E-state index < -0.39 is 0 Å². The van der Waals surface area contributed by atoms with Gasteiger partial charge in [-0.05, 0) is 33.2 Å². The molecule has 0 radical (unpaired) electrons. The first kappa shape index (κ1) is 20.9. The lowest BCUT2D eigenvalue weighted by atomic mass is 10.00. The first-order valence-corrected chi connectivity index (χ1v) is 8.37. The second kappa shape index (κ2) is 8.80. The monoisotopic (exact) mass is 391 g/mol. The first-order valence-electron chi connectivity index (χ1n) is 7.55. The standard InChI is InChI=1S/C15H21N5OS.2ClH/c1-9-12(5-4-6-16-9)19-14(21)13-10(2)18-15(22-13)11-7-17-20(3)8-11;;/h7-9,12,16H,4-6H2,1-3H3,(H,19,21);2*1H. The van der Waals surface area contributed by atoms with E-state index in [4.69, 9.17) is 0 Å². The molecule has 0 bridgehead atoms. The third-order valence-corrected chi connectivity index (χ3v) is 5.24. The van der Waals surface area contributed by atoms with Crippen LogP contribution >= 0.6 is 36.2 Å². The second-order valence-electron chi connectivity index (χ2n) is 5.80. The van der Waals surface area contributed by atoms with Crippen LogP contribution in [0, 0.1) is 6.92 Å². The highest BCUT2D eigenvalue weighted by Crippen LogP contribution is 2.27.